The zero-order valence-corrected chi connectivity index (χ0v) is 23.6. The van der Waals surface area contributed by atoms with Gasteiger partial charge in [0.05, 0.1) is 0 Å². The molecule has 1 aliphatic heterocycles. The van der Waals surface area contributed by atoms with Gasteiger partial charge < -0.3 is 25.8 Å². The van der Waals surface area contributed by atoms with Crippen molar-refractivity contribution >= 4 is 30.1 Å². The Morgan fingerprint density at radius 1 is 0.976 bits per heavy atom. The fourth-order valence-corrected chi connectivity index (χ4v) is 5.32. The molecule has 0 radical (unpaired) electrons. The molecule has 3 fully saturated rings. The standard InChI is InChI=1S/C29H40F3N7O2/c1-33-18-23(29(30,31)32)26(36-24-8-3-4-9-25(24)37-27(40)20-6-5-7-20)35-19-34-22-12-10-21(11-13-22)28(41)39-16-14-38(2)15-17-39/h10-13,18,20,24-25,34H,1,3-9,14-17,19H2,2H3,(H,35,36)(H,37,40)/b23-18+. The highest BCUT2D eigenvalue weighted by molar-refractivity contribution is 6.00. The lowest BCUT2D eigenvalue weighted by Gasteiger charge is -2.36. The lowest BCUT2D eigenvalue weighted by Crippen LogP contribution is -2.55. The van der Waals surface area contributed by atoms with Crippen molar-refractivity contribution in [1.82, 2.24) is 20.4 Å². The molecule has 0 bridgehead atoms. The molecule has 0 aromatic heterocycles. The van der Waals surface area contributed by atoms with Crippen LogP contribution in [0.4, 0.5) is 18.9 Å². The van der Waals surface area contributed by atoms with Gasteiger partial charge in [0.1, 0.15) is 18.1 Å². The number of carbonyl (C=O) groups is 2. The number of anilines is 1. The van der Waals surface area contributed by atoms with Gasteiger partial charge in [0.2, 0.25) is 5.91 Å². The highest BCUT2D eigenvalue weighted by atomic mass is 19.4. The van der Waals surface area contributed by atoms with Gasteiger partial charge in [-0.05, 0) is 63.7 Å². The van der Waals surface area contributed by atoms with Crippen LogP contribution in [-0.4, -0.2) is 92.3 Å². The maximum atomic E-state index is 14.0. The van der Waals surface area contributed by atoms with Gasteiger partial charge in [-0.1, -0.05) is 19.3 Å². The lowest BCUT2D eigenvalue weighted by molar-refractivity contribution is -0.128. The van der Waals surface area contributed by atoms with Crippen LogP contribution >= 0.6 is 0 Å². The van der Waals surface area contributed by atoms with E-state index in [1.165, 1.54) is 0 Å². The number of alkyl halides is 3. The van der Waals surface area contributed by atoms with E-state index in [4.69, 9.17) is 0 Å². The third-order valence-electron chi connectivity index (χ3n) is 8.12. The summed E-state index contributed by atoms with van der Waals surface area (Å²) in [5.41, 5.74) is 0.139. The molecule has 12 heteroatoms. The van der Waals surface area contributed by atoms with Crippen molar-refractivity contribution in [3.05, 3.63) is 41.6 Å². The van der Waals surface area contributed by atoms with E-state index in [-0.39, 0.29) is 36.3 Å². The highest BCUT2D eigenvalue weighted by Gasteiger charge is 2.39. The fourth-order valence-electron chi connectivity index (χ4n) is 5.32. The second-order valence-electron chi connectivity index (χ2n) is 11.0. The smallest absolute Gasteiger partial charge is 0.366 e. The summed E-state index contributed by atoms with van der Waals surface area (Å²) < 4.78 is 42.1. The molecule has 41 heavy (non-hydrogen) atoms. The number of carbonyl (C=O) groups excluding carboxylic acids is 2. The molecule has 9 nitrogen and oxygen atoms in total. The molecule has 4 rings (SSSR count). The second-order valence-corrected chi connectivity index (χ2v) is 11.0. The van der Waals surface area contributed by atoms with Gasteiger partial charge >= 0.3 is 6.18 Å². The van der Waals surface area contributed by atoms with Gasteiger partial charge in [-0.3, -0.25) is 14.6 Å². The van der Waals surface area contributed by atoms with Gasteiger partial charge in [0.15, 0.2) is 0 Å². The van der Waals surface area contributed by atoms with Gasteiger partial charge in [-0.25, -0.2) is 4.99 Å². The minimum Gasteiger partial charge on any atom is -0.366 e. The number of piperazine rings is 1. The molecule has 3 N–H and O–H groups in total. The Labute approximate surface area is 239 Å². The Balaban J connectivity index is 1.44. The number of nitrogens with one attached hydrogen (secondary N) is 3. The quantitative estimate of drug-likeness (QED) is 0.307. The Morgan fingerprint density at radius 3 is 2.17 bits per heavy atom. The number of benzene rings is 1. The summed E-state index contributed by atoms with van der Waals surface area (Å²) in [7, 11) is 2.02. The largest absolute Gasteiger partial charge is 0.421 e. The van der Waals surface area contributed by atoms with Crippen LogP contribution in [0.25, 0.3) is 0 Å². The number of amidine groups is 1. The fraction of sp³-hybridized carbons (Fsp3) is 0.586. The number of aliphatic imine (C=N–C) groups is 2. The predicted molar refractivity (Wildman–Crippen MR) is 154 cm³/mol. The van der Waals surface area contributed by atoms with E-state index in [1.807, 2.05) is 11.9 Å². The first-order chi connectivity index (χ1) is 19.7. The lowest BCUT2D eigenvalue weighted by atomic mass is 9.83. The molecule has 1 aromatic carbocycles. The molecule has 2 atom stereocenters. The first-order valence-corrected chi connectivity index (χ1v) is 14.3. The number of likely N-dealkylation sites (N-methyl/N-ethyl adjacent to an activating group) is 1. The molecule has 1 saturated heterocycles. The maximum Gasteiger partial charge on any atom is 0.421 e. The summed E-state index contributed by atoms with van der Waals surface area (Å²) in [5, 5.41) is 9.08. The van der Waals surface area contributed by atoms with Crippen LogP contribution in [0.15, 0.2) is 46.0 Å². The van der Waals surface area contributed by atoms with Crippen LogP contribution in [0, 0.1) is 5.92 Å². The van der Waals surface area contributed by atoms with E-state index < -0.39 is 17.8 Å². The Hall–Kier alpha value is -3.41. The molecule has 2 saturated carbocycles. The monoisotopic (exact) mass is 575 g/mol. The molecular weight excluding hydrogens is 535 g/mol. The molecule has 0 spiro atoms. The SMILES string of the molecule is C=N/C=C(\C(=N/CNc1ccc(C(=O)N2CCN(C)CC2)cc1)NC1CCCCC1NC(=O)C1CCC1)C(F)(F)F. The van der Waals surface area contributed by atoms with Gasteiger partial charge in [-0.15, -0.1) is 0 Å². The van der Waals surface area contributed by atoms with Gasteiger partial charge in [0.25, 0.3) is 5.91 Å². The number of nitrogens with zero attached hydrogens (tertiary/aromatic N) is 4. The van der Waals surface area contributed by atoms with E-state index in [0.717, 1.165) is 45.2 Å². The normalized spacial score (nSPS) is 23.0. The highest BCUT2D eigenvalue weighted by Crippen LogP contribution is 2.29. The van der Waals surface area contributed by atoms with Crippen LogP contribution in [0.3, 0.4) is 0 Å². The third kappa shape index (κ3) is 8.31. The zero-order chi connectivity index (χ0) is 29.4. The number of rotatable bonds is 9. The van der Waals surface area contributed by atoms with Crippen molar-refractivity contribution in [1.29, 1.82) is 0 Å². The molecule has 2 aliphatic carbocycles. The van der Waals surface area contributed by atoms with Gasteiger partial charge in [-0.2, -0.15) is 13.2 Å². The summed E-state index contributed by atoms with van der Waals surface area (Å²) in [4.78, 5) is 37.0. The van der Waals surface area contributed by atoms with E-state index >= 15 is 0 Å². The second kappa shape index (κ2) is 14.0. The topological polar surface area (TPSA) is 101 Å². The van der Waals surface area contributed by atoms with E-state index in [1.54, 1.807) is 24.3 Å². The molecule has 2 amide bonds. The summed E-state index contributed by atoms with van der Waals surface area (Å²) >= 11 is 0. The Bertz CT molecular complexity index is 1120. The molecular formula is C29H40F3N7O2. The van der Waals surface area contributed by atoms with Crippen LogP contribution in [0.5, 0.6) is 0 Å². The average molecular weight is 576 g/mol. The third-order valence-corrected chi connectivity index (χ3v) is 8.12. The van der Waals surface area contributed by atoms with E-state index in [2.05, 4.69) is 37.6 Å². The predicted octanol–water partition coefficient (Wildman–Crippen LogP) is 3.81. The van der Waals surface area contributed by atoms with Crippen LogP contribution in [0.1, 0.15) is 55.3 Å². The number of amides is 2. The molecule has 224 valence electrons. The van der Waals surface area contributed by atoms with Crippen molar-refractivity contribution in [2.75, 3.05) is 45.2 Å². The van der Waals surface area contributed by atoms with Crippen molar-refractivity contribution in [2.45, 2.75) is 63.2 Å². The van der Waals surface area contributed by atoms with Gasteiger partial charge in [0, 0.05) is 61.6 Å². The molecule has 2 unspecified atom stereocenters. The van der Waals surface area contributed by atoms with Crippen LogP contribution in [-0.2, 0) is 4.79 Å². The van der Waals surface area contributed by atoms with Crippen molar-refractivity contribution in [2.24, 2.45) is 15.9 Å². The number of hydrogen-bond acceptors (Lipinski definition) is 6. The first-order valence-electron chi connectivity index (χ1n) is 14.3. The zero-order valence-electron chi connectivity index (χ0n) is 23.6. The van der Waals surface area contributed by atoms with E-state index in [9.17, 15) is 22.8 Å². The summed E-state index contributed by atoms with van der Waals surface area (Å²) in [5.74, 6) is -0.427. The molecule has 3 aliphatic rings. The van der Waals surface area contributed by atoms with Crippen LogP contribution in [0.2, 0.25) is 0 Å². The Morgan fingerprint density at radius 2 is 1.61 bits per heavy atom. The van der Waals surface area contributed by atoms with E-state index in [0.29, 0.717) is 43.4 Å². The van der Waals surface area contributed by atoms with Crippen molar-refractivity contribution in [3.63, 3.8) is 0 Å². The van der Waals surface area contributed by atoms with Crippen molar-refractivity contribution in [3.8, 4) is 0 Å². The first kappa shape index (κ1) is 30.5. The number of halogens is 3. The van der Waals surface area contributed by atoms with Crippen LogP contribution < -0.4 is 16.0 Å². The van der Waals surface area contributed by atoms with Crippen molar-refractivity contribution < 1.29 is 22.8 Å². The minimum atomic E-state index is -4.71. The number of hydrogen-bond donors (Lipinski definition) is 3. The summed E-state index contributed by atoms with van der Waals surface area (Å²) in [6, 6.07) is 6.14. The maximum absolute atomic E-state index is 14.0. The summed E-state index contributed by atoms with van der Waals surface area (Å²) in [6.07, 6.45) is 1.71. The molecule has 1 aromatic rings. The minimum absolute atomic E-state index is 0.00579. The summed E-state index contributed by atoms with van der Waals surface area (Å²) in [6.45, 7) is 6.04. The molecule has 1 heterocycles. The average Bonchev–Trinajstić information content (AvgIpc) is 2.91. The Kier molecular flexibility index (Phi) is 10.4.